The number of carboxylic acids is 1. The molecule has 0 aromatic carbocycles. The maximum Gasteiger partial charge on any atom is 0.306 e. The predicted octanol–water partition coefficient (Wildman–Crippen LogP) is -0.133. The van der Waals surface area contributed by atoms with Crippen LogP contribution in [-0.2, 0) is 9.53 Å². The third-order valence-corrected chi connectivity index (χ3v) is 2.23. The van der Waals surface area contributed by atoms with Crippen molar-refractivity contribution in [2.24, 2.45) is 5.73 Å². The second kappa shape index (κ2) is 7.27. The summed E-state index contributed by atoms with van der Waals surface area (Å²) in [5, 5.41) is 11.6. The van der Waals surface area contributed by atoms with Crippen LogP contribution in [0.4, 0.5) is 5.82 Å². The zero-order valence-corrected chi connectivity index (χ0v) is 10.5. The zero-order valence-electron chi connectivity index (χ0n) is 10.5. The third-order valence-electron chi connectivity index (χ3n) is 2.23. The third kappa shape index (κ3) is 4.88. The number of nitrogens with two attached hydrogens (primary N) is 1. The number of hydrogen-bond acceptors (Lipinski definition) is 6. The van der Waals surface area contributed by atoms with Gasteiger partial charge < -0.3 is 20.9 Å². The molecule has 8 heteroatoms. The molecule has 1 aromatic rings. The molecule has 4 N–H and O–H groups in total. The van der Waals surface area contributed by atoms with Crippen molar-refractivity contribution in [1.29, 1.82) is 0 Å². The summed E-state index contributed by atoms with van der Waals surface area (Å²) >= 11 is 0. The molecule has 1 unspecified atom stereocenters. The summed E-state index contributed by atoms with van der Waals surface area (Å²) in [6.07, 6.45) is 2.09. The summed E-state index contributed by atoms with van der Waals surface area (Å²) in [5.41, 5.74) is 5.16. The summed E-state index contributed by atoms with van der Waals surface area (Å²) in [6.45, 7) is 2.36. The van der Waals surface area contributed by atoms with Crippen LogP contribution in [0.25, 0.3) is 0 Å². The quantitative estimate of drug-likeness (QED) is 0.599. The number of carbonyl (C=O) groups is 2. The van der Waals surface area contributed by atoms with Crippen molar-refractivity contribution in [2.45, 2.75) is 19.4 Å². The molecule has 0 aliphatic rings. The second-order valence-electron chi connectivity index (χ2n) is 3.67. The SMILES string of the molecule is CCOC(CNc1nccnc1C(N)=O)CC(=O)O. The van der Waals surface area contributed by atoms with Gasteiger partial charge in [-0.1, -0.05) is 0 Å². The van der Waals surface area contributed by atoms with Gasteiger partial charge in [-0.3, -0.25) is 9.59 Å². The molecule has 1 aromatic heterocycles. The van der Waals surface area contributed by atoms with E-state index in [9.17, 15) is 9.59 Å². The van der Waals surface area contributed by atoms with Gasteiger partial charge in [-0.2, -0.15) is 0 Å². The van der Waals surface area contributed by atoms with Crippen molar-refractivity contribution in [1.82, 2.24) is 9.97 Å². The Kier molecular flexibility index (Phi) is 5.68. The molecular weight excluding hydrogens is 252 g/mol. The van der Waals surface area contributed by atoms with E-state index in [1.165, 1.54) is 12.4 Å². The van der Waals surface area contributed by atoms with Gasteiger partial charge in [0.05, 0.1) is 12.5 Å². The van der Waals surface area contributed by atoms with Crippen LogP contribution in [-0.4, -0.2) is 46.2 Å². The number of hydrogen-bond donors (Lipinski definition) is 3. The molecule has 0 fully saturated rings. The molecule has 0 saturated carbocycles. The summed E-state index contributed by atoms with van der Waals surface area (Å²) < 4.78 is 5.27. The van der Waals surface area contributed by atoms with Crippen LogP contribution in [0, 0.1) is 0 Å². The first-order valence-corrected chi connectivity index (χ1v) is 5.72. The number of primary amides is 1. The number of ether oxygens (including phenoxy) is 1. The normalized spacial score (nSPS) is 11.8. The molecule has 1 rings (SSSR count). The van der Waals surface area contributed by atoms with Crippen LogP contribution in [0.2, 0.25) is 0 Å². The van der Waals surface area contributed by atoms with Gasteiger partial charge in [0.1, 0.15) is 0 Å². The van der Waals surface area contributed by atoms with Crippen LogP contribution >= 0.6 is 0 Å². The zero-order chi connectivity index (χ0) is 14.3. The fraction of sp³-hybridized carbons (Fsp3) is 0.455. The van der Waals surface area contributed by atoms with Gasteiger partial charge in [-0.15, -0.1) is 0 Å². The minimum atomic E-state index is -0.963. The number of aliphatic carboxylic acids is 1. The van der Waals surface area contributed by atoms with Crippen molar-refractivity contribution in [3.63, 3.8) is 0 Å². The molecule has 1 heterocycles. The Morgan fingerprint density at radius 2 is 2.16 bits per heavy atom. The fourth-order valence-electron chi connectivity index (χ4n) is 1.48. The van der Waals surface area contributed by atoms with E-state index in [0.717, 1.165) is 0 Å². The van der Waals surface area contributed by atoms with E-state index in [1.54, 1.807) is 6.92 Å². The molecule has 1 atom stereocenters. The molecule has 0 aliphatic carbocycles. The Hall–Kier alpha value is -2.22. The Labute approximate surface area is 110 Å². The van der Waals surface area contributed by atoms with E-state index in [0.29, 0.717) is 6.61 Å². The van der Waals surface area contributed by atoms with Crippen molar-refractivity contribution in [3.05, 3.63) is 18.1 Å². The van der Waals surface area contributed by atoms with Crippen molar-refractivity contribution < 1.29 is 19.4 Å². The van der Waals surface area contributed by atoms with E-state index >= 15 is 0 Å². The van der Waals surface area contributed by atoms with E-state index in [4.69, 9.17) is 15.6 Å². The van der Waals surface area contributed by atoms with E-state index in [1.807, 2.05) is 0 Å². The molecule has 1 amide bonds. The van der Waals surface area contributed by atoms with Crippen LogP contribution in [0.5, 0.6) is 0 Å². The Balaban J connectivity index is 2.68. The van der Waals surface area contributed by atoms with Crippen molar-refractivity contribution >= 4 is 17.7 Å². The monoisotopic (exact) mass is 268 g/mol. The van der Waals surface area contributed by atoms with Gasteiger partial charge in [0, 0.05) is 25.5 Å². The molecule has 0 aliphatic heterocycles. The highest BCUT2D eigenvalue weighted by molar-refractivity contribution is 5.95. The lowest BCUT2D eigenvalue weighted by molar-refractivity contribution is -0.139. The molecule has 19 heavy (non-hydrogen) atoms. The van der Waals surface area contributed by atoms with Crippen molar-refractivity contribution in [2.75, 3.05) is 18.5 Å². The first-order valence-electron chi connectivity index (χ1n) is 5.72. The van der Waals surface area contributed by atoms with Gasteiger partial charge in [-0.25, -0.2) is 9.97 Å². The number of aromatic nitrogens is 2. The first-order chi connectivity index (χ1) is 9.04. The Morgan fingerprint density at radius 1 is 1.47 bits per heavy atom. The van der Waals surface area contributed by atoms with Gasteiger partial charge >= 0.3 is 5.97 Å². The number of nitrogens with zero attached hydrogens (tertiary/aromatic N) is 2. The molecular formula is C11H16N4O4. The Morgan fingerprint density at radius 3 is 2.74 bits per heavy atom. The van der Waals surface area contributed by atoms with E-state index in [-0.39, 0.29) is 24.5 Å². The molecule has 0 saturated heterocycles. The summed E-state index contributed by atoms with van der Waals surface area (Å²) in [5.74, 6) is -1.46. The van der Waals surface area contributed by atoms with Crippen molar-refractivity contribution in [3.8, 4) is 0 Å². The van der Waals surface area contributed by atoms with Crippen LogP contribution in [0.15, 0.2) is 12.4 Å². The standard InChI is InChI=1S/C11H16N4O4/c1-2-19-7(5-8(16)17)6-15-11-9(10(12)18)13-3-4-14-11/h3-4,7H,2,5-6H2,1H3,(H2,12,18)(H,14,15)(H,16,17). The van der Waals surface area contributed by atoms with E-state index < -0.39 is 18.0 Å². The average molecular weight is 268 g/mol. The number of amides is 1. The largest absolute Gasteiger partial charge is 0.481 e. The highest BCUT2D eigenvalue weighted by atomic mass is 16.5. The Bertz CT molecular complexity index is 452. The number of carboxylic acid groups (broad SMARTS) is 1. The van der Waals surface area contributed by atoms with Crippen LogP contribution < -0.4 is 11.1 Å². The summed E-state index contributed by atoms with van der Waals surface area (Å²) in [4.78, 5) is 29.5. The maximum absolute atomic E-state index is 11.1. The highest BCUT2D eigenvalue weighted by Crippen LogP contribution is 2.08. The fourth-order valence-corrected chi connectivity index (χ4v) is 1.48. The molecule has 0 radical (unpaired) electrons. The molecule has 0 bridgehead atoms. The van der Waals surface area contributed by atoms with Gasteiger partial charge in [0.25, 0.3) is 5.91 Å². The number of carbonyl (C=O) groups excluding carboxylic acids is 1. The summed E-state index contributed by atoms with van der Waals surface area (Å²) in [6, 6.07) is 0. The molecule has 104 valence electrons. The lowest BCUT2D eigenvalue weighted by Gasteiger charge is -2.16. The average Bonchev–Trinajstić information content (AvgIpc) is 2.36. The molecule has 0 spiro atoms. The van der Waals surface area contributed by atoms with Gasteiger partial charge in [0.15, 0.2) is 11.5 Å². The number of anilines is 1. The maximum atomic E-state index is 11.1. The minimum absolute atomic E-state index is 0.00748. The number of rotatable bonds is 8. The first kappa shape index (κ1) is 14.8. The van der Waals surface area contributed by atoms with Crippen LogP contribution in [0.3, 0.4) is 0 Å². The predicted molar refractivity (Wildman–Crippen MR) is 66.7 cm³/mol. The smallest absolute Gasteiger partial charge is 0.306 e. The minimum Gasteiger partial charge on any atom is -0.481 e. The topological polar surface area (TPSA) is 127 Å². The number of nitrogens with one attached hydrogen (secondary N) is 1. The van der Waals surface area contributed by atoms with E-state index in [2.05, 4.69) is 15.3 Å². The lowest BCUT2D eigenvalue weighted by Crippen LogP contribution is -2.28. The van der Waals surface area contributed by atoms with Gasteiger partial charge in [0.2, 0.25) is 0 Å². The summed E-state index contributed by atoms with van der Waals surface area (Å²) in [7, 11) is 0. The van der Waals surface area contributed by atoms with Crippen LogP contribution in [0.1, 0.15) is 23.8 Å². The van der Waals surface area contributed by atoms with Gasteiger partial charge in [-0.05, 0) is 6.92 Å². The lowest BCUT2D eigenvalue weighted by atomic mass is 10.2. The highest BCUT2D eigenvalue weighted by Gasteiger charge is 2.16. The second-order valence-corrected chi connectivity index (χ2v) is 3.67. The molecule has 8 nitrogen and oxygen atoms in total.